The summed E-state index contributed by atoms with van der Waals surface area (Å²) in [5.74, 6) is 0. The van der Waals surface area contributed by atoms with Gasteiger partial charge in [-0.15, -0.1) is 0 Å². The number of aryl methyl sites for hydroxylation is 1. The molecule has 1 saturated heterocycles. The number of hydrogen-bond acceptors (Lipinski definition) is 3. The summed E-state index contributed by atoms with van der Waals surface area (Å²) in [6.07, 6.45) is 3.52. The normalized spacial score (nSPS) is 23.0. The second kappa shape index (κ2) is 5.71. The number of nitrogens with two attached hydrogens (primary N) is 1. The average Bonchev–Trinajstić information content (AvgIpc) is 2.47. The molecule has 2 N–H and O–H groups in total. The Labute approximate surface area is 102 Å². The highest BCUT2D eigenvalue weighted by Crippen LogP contribution is 2.25. The van der Waals surface area contributed by atoms with Crippen LogP contribution in [0.2, 0.25) is 0 Å². The van der Waals surface area contributed by atoms with E-state index in [2.05, 4.69) is 35.5 Å². The van der Waals surface area contributed by atoms with Gasteiger partial charge in [0.05, 0.1) is 0 Å². The van der Waals surface area contributed by atoms with E-state index in [4.69, 9.17) is 5.73 Å². The van der Waals surface area contributed by atoms with Gasteiger partial charge in [0.25, 0.3) is 0 Å². The lowest BCUT2D eigenvalue weighted by Crippen LogP contribution is -2.21. The molecule has 0 saturated carbocycles. The van der Waals surface area contributed by atoms with Gasteiger partial charge < -0.3 is 5.73 Å². The zero-order chi connectivity index (χ0) is 11.4. The molecular formula is C13H20N2S. The Bertz CT molecular complexity index is 323. The Hall–Kier alpha value is -0.510. The van der Waals surface area contributed by atoms with Crippen molar-refractivity contribution in [1.82, 2.24) is 4.31 Å². The van der Waals surface area contributed by atoms with Gasteiger partial charge in [0.1, 0.15) is 0 Å². The van der Waals surface area contributed by atoms with Crippen molar-refractivity contribution in [3.05, 3.63) is 29.8 Å². The highest BCUT2D eigenvalue weighted by Gasteiger charge is 2.14. The van der Waals surface area contributed by atoms with Gasteiger partial charge in [-0.25, -0.2) is 4.31 Å². The first kappa shape index (κ1) is 12.0. The topological polar surface area (TPSA) is 29.3 Å². The average molecular weight is 236 g/mol. The van der Waals surface area contributed by atoms with Crippen molar-refractivity contribution in [3.8, 4) is 0 Å². The maximum absolute atomic E-state index is 5.97. The molecule has 1 aliphatic rings. The van der Waals surface area contributed by atoms with E-state index < -0.39 is 0 Å². The minimum Gasteiger partial charge on any atom is -0.328 e. The zero-order valence-electron chi connectivity index (χ0n) is 9.86. The molecule has 0 aromatic heterocycles. The molecule has 2 nitrogen and oxygen atoms in total. The van der Waals surface area contributed by atoms with Gasteiger partial charge in [-0.1, -0.05) is 17.7 Å². The van der Waals surface area contributed by atoms with Crippen LogP contribution in [0.4, 0.5) is 0 Å². The van der Waals surface area contributed by atoms with Gasteiger partial charge in [0, 0.05) is 24.0 Å². The van der Waals surface area contributed by atoms with Crippen molar-refractivity contribution in [2.45, 2.75) is 37.1 Å². The fourth-order valence-electron chi connectivity index (χ4n) is 1.94. The van der Waals surface area contributed by atoms with E-state index >= 15 is 0 Å². The summed E-state index contributed by atoms with van der Waals surface area (Å²) in [6, 6.07) is 9.15. The molecule has 0 unspecified atom stereocenters. The molecule has 2 rings (SSSR count). The van der Waals surface area contributed by atoms with Crippen molar-refractivity contribution in [1.29, 1.82) is 0 Å². The summed E-state index contributed by atoms with van der Waals surface area (Å²) in [5.41, 5.74) is 7.30. The van der Waals surface area contributed by atoms with Crippen LogP contribution in [0.15, 0.2) is 29.2 Å². The molecule has 1 heterocycles. The molecule has 0 radical (unpaired) electrons. The fourth-order valence-corrected chi connectivity index (χ4v) is 2.91. The predicted molar refractivity (Wildman–Crippen MR) is 70.4 cm³/mol. The maximum Gasteiger partial charge on any atom is 0.0230 e. The van der Waals surface area contributed by atoms with Crippen LogP contribution < -0.4 is 5.73 Å². The summed E-state index contributed by atoms with van der Waals surface area (Å²) in [4.78, 5) is 1.33. The van der Waals surface area contributed by atoms with E-state index in [0.29, 0.717) is 6.04 Å². The Kier molecular flexibility index (Phi) is 4.27. The molecule has 1 fully saturated rings. The second-order valence-electron chi connectivity index (χ2n) is 4.52. The maximum atomic E-state index is 5.97. The van der Waals surface area contributed by atoms with Crippen molar-refractivity contribution in [3.63, 3.8) is 0 Å². The van der Waals surface area contributed by atoms with E-state index in [-0.39, 0.29) is 0 Å². The monoisotopic (exact) mass is 236 g/mol. The third kappa shape index (κ3) is 3.51. The number of nitrogens with zero attached hydrogens (tertiary/aromatic N) is 1. The Morgan fingerprint density at radius 2 is 1.94 bits per heavy atom. The smallest absolute Gasteiger partial charge is 0.0230 e. The fraction of sp³-hybridized carbons (Fsp3) is 0.538. The molecule has 0 bridgehead atoms. The number of rotatable bonds is 2. The van der Waals surface area contributed by atoms with Crippen molar-refractivity contribution < 1.29 is 0 Å². The Morgan fingerprint density at radius 1 is 1.19 bits per heavy atom. The molecule has 1 aromatic rings. The van der Waals surface area contributed by atoms with Crippen LogP contribution in [0, 0.1) is 6.92 Å². The minimum atomic E-state index is 0.406. The van der Waals surface area contributed by atoms with Crippen LogP contribution in [-0.4, -0.2) is 23.4 Å². The number of benzene rings is 1. The minimum absolute atomic E-state index is 0.406. The molecule has 0 aliphatic carbocycles. The van der Waals surface area contributed by atoms with Gasteiger partial charge in [-0.2, -0.15) is 0 Å². The van der Waals surface area contributed by atoms with E-state index in [0.717, 1.165) is 19.5 Å². The molecule has 88 valence electrons. The predicted octanol–water partition coefficient (Wildman–Crippen LogP) is 2.82. The van der Waals surface area contributed by atoms with Crippen LogP contribution in [0.1, 0.15) is 24.8 Å². The summed E-state index contributed by atoms with van der Waals surface area (Å²) >= 11 is 1.87. The lowest BCUT2D eigenvalue weighted by molar-refractivity contribution is 0.484. The summed E-state index contributed by atoms with van der Waals surface area (Å²) in [7, 11) is 0. The van der Waals surface area contributed by atoms with Gasteiger partial charge in [0.2, 0.25) is 0 Å². The van der Waals surface area contributed by atoms with Crippen molar-refractivity contribution >= 4 is 11.9 Å². The van der Waals surface area contributed by atoms with Crippen molar-refractivity contribution in [2.24, 2.45) is 5.73 Å². The van der Waals surface area contributed by atoms with Crippen LogP contribution in [0.3, 0.4) is 0 Å². The van der Waals surface area contributed by atoms with Gasteiger partial charge in [0.15, 0.2) is 0 Å². The van der Waals surface area contributed by atoms with E-state index in [1.165, 1.54) is 23.3 Å². The highest BCUT2D eigenvalue weighted by atomic mass is 32.2. The van der Waals surface area contributed by atoms with Crippen LogP contribution in [0.5, 0.6) is 0 Å². The molecule has 0 spiro atoms. The standard InChI is InChI=1S/C13H20N2S/c1-11-4-6-13(7-5-11)16-15-9-2-3-12(14)8-10-15/h4-7,12H,2-3,8-10,14H2,1H3/t12-/m1/s1. The first-order chi connectivity index (χ1) is 7.74. The summed E-state index contributed by atoms with van der Waals surface area (Å²) in [6.45, 7) is 4.39. The quantitative estimate of drug-likeness (QED) is 0.801. The van der Waals surface area contributed by atoms with Crippen molar-refractivity contribution in [2.75, 3.05) is 13.1 Å². The summed E-state index contributed by atoms with van der Waals surface area (Å²) in [5, 5.41) is 0. The second-order valence-corrected chi connectivity index (χ2v) is 5.69. The molecule has 1 aliphatic heterocycles. The third-order valence-corrected chi connectivity index (χ3v) is 4.09. The number of hydrogen-bond donors (Lipinski definition) is 1. The van der Waals surface area contributed by atoms with E-state index in [1.807, 2.05) is 11.9 Å². The van der Waals surface area contributed by atoms with Gasteiger partial charge in [-0.05, 0) is 50.3 Å². The van der Waals surface area contributed by atoms with Crippen LogP contribution in [0.25, 0.3) is 0 Å². The zero-order valence-corrected chi connectivity index (χ0v) is 10.7. The third-order valence-electron chi connectivity index (χ3n) is 2.99. The van der Waals surface area contributed by atoms with E-state index in [9.17, 15) is 0 Å². The molecule has 3 heteroatoms. The molecule has 16 heavy (non-hydrogen) atoms. The van der Waals surface area contributed by atoms with E-state index in [1.54, 1.807) is 0 Å². The first-order valence-corrected chi connectivity index (χ1v) is 6.76. The summed E-state index contributed by atoms with van der Waals surface area (Å²) < 4.78 is 2.44. The Balaban J connectivity index is 1.91. The van der Waals surface area contributed by atoms with Gasteiger partial charge in [-0.3, -0.25) is 0 Å². The largest absolute Gasteiger partial charge is 0.328 e. The van der Waals surface area contributed by atoms with Gasteiger partial charge >= 0.3 is 0 Å². The molecule has 0 amide bonds. The molecule has 1 atom stereocenters. The first-order valence-electron chi connectivity index (χ1n) is 5.99. The lowest BCUT2D eigenvalue weighted by Gasteiger charge is -2.18. The molecular weight excluding hydrogens is 216 g/mol. The van der Waals surface area contributed by atoms with Crippen LogP contribution >= 0.6 is 11.9 Å². The molecule has 1 aromatic carbocycles. The highest BCUT2D eigenvalue weighted by molar-refractivity contribution is 7.97. The SMILES string of the molecule is Cc1ccc(SN2CCC[C@@H](N)CC2)cc1. The Morgan fingerprint density at radius 3 is 2.69 bits per heavy atom. The van der Waals surface area contributed by atoms with Crippen LogP contribution in [-0.2, 0) is 0 Å². The lowest BCUT2D eigenvalue weighted by atomic mass is 10.1.